The molecule has 1 rings (SSSR count). The van der Waals surface area contributed by atoms with Gasteiger partial charge in [-0.25, -0.2) is 0 Å². The van der Waals surface area contributed by atoms with Gasteiger partial charge < -0.3 is 21.1 Å². The molecule has 0 saturated carbocycles. The number of nitrogen functional groups attached to an aromatic ring is 1. The van der Waals surface area contributed by atoms with Crippen LogP contribution in [0.5, 0.6) is 0 Å². The molecule has 0 heterocycles. The first-order valence-corrected chi connectivity index (χ1v) is 6.32. The van der Waals surface area contributed by atoms with E-state index in [1.54, 1.807) is 38.1 Å². The average molecular weight is 265 g/mol. The minimum Gasteiger partial charge on any atom is -0.399 e. The summed E-state index contributed by atoms with van der Waals surface area (Å²) >= 11 is 0. The van der Waals surface area contributed by atoms with E-state index in [0.29, 0.717) is 30.9 Å². The summed E-state index contributed by atoms with van der Waals surface area (Å²) in [7, 11) is 1.88. The summed E-state index contributed by atoms with van der Waals surface area (Å²) in [4.78, 5) is 13.7. The van der Waals surface area contributed by atoms with Crippen LogP contribution in [0.4, 0.5) is 11.4 Å². The summed E-state index contributed by atoms with van der Waals surface area (Å²) in [6.45, 7) is 4.61. The van der Waals surface area contributed by atoms with Gasteiger partial charge >= 0.3 is 0 Å². The van der Waals surface area contributed by atoms with Gasteiger partial charge in [-0.1, -0.05) is 6.07 Å². The molecule has 0 unspecified atom stereocenters. The van der Waals surface area contributed by atoms with Crippen molar-refractivity contribution in [3.8, 4) is 0 Å². The Bertz CT molecular complexity index is 427. The van der Waals surface area contributed by atoms with Gasteiger partial charge in [-0.15, -0.1) is 0 Å². The van der Waals surface area contributed by atoms with Gasteiger partial charge in [-0.05, 0) is 39.1 Å². The van der Waals surface area contributed by atoms with Crippen molar-refractivity contribution in [1.82, 2.24) is 4.90 Å². The molecule has 0 radical (unpaired) electrons. The number of likely N-dealkylation sites (N-methyl/N-ethyl adjacent to an activating group) is 1. The van der Waals surface area contributed by atoms with Gasteiger partial charge in [0.2, 0.25) is 5.91 Å². The molecule has 5 heteroatoms. The lowest BCUT2D eigenvalue weighted by molar-refractivity contribution is -0.116. The molecule has 0 saturated heterocycles. The topological polar surface area (TPSA) is 78.6 Å². The maximum atomic E-state index is 11.8. The van der Waals surface area contributed by atoms with E-state index in [0.717, 1.165) is 0 Å². The Morgan fingerprint density at radius 2 is 2.16 bits per heavy atom. The van der Waals surface area contributed by atoms with Crippen LogP contribution in [0, 0.1) is 0 Å². The second-order valence-electron chi connectivity index (χ2n) is 5.47. The highest BCUT2D eigenvalue weighted by molar-refractivity contribution is 5.91. The number of carbonyl (C=O) groups excluding carboxylic acids is 1. The lowest BCUT2D eigenvalue weighted by Crippen LogP contribution is -2.37. The Balaban J connectivity index is 2.36. The summed E-state index contributed by atoms with van der Waals surface area (Å²) in [6.07, 6.45) is 0.376. The highest BCUT2D eigenvalue weighted by Crippen LogP contribution is 2.12. The summed E-state index contributed by atoms with van der Waals surface area (Å²) in [6, 6.07) is 7.09. The van der Waals surface area contributed by atoms with Crippen molar-refractivity contribution < 1.29 is 9.90 Å². The number of hydrogen-bond acceptors (Lipinski definition) is 4. The molecular formula is C14H23N3O2. The van der Waals surface area contributed by atoms with Gasteiger partial charge in [-0.3, -0.25) is 4.79 Å². The molecule has 0 aromatic heterocycles. The number of nitrogens with two attached hydrogens (primary N) is 1. The standard InChI is InChI=1S/C14H23N3O2/c1-14(2,19)10-17(3)8-7-13(18)16-12-6-4-5-11(15)9-12/h4-6,9,19H,7-8,10,15H2,1-3H3,(H,16,18). The zero-order valence-electron chi connectivity index (χ0n) is 11.8. The predicted molar refractivity (Wildman–Crippen MR) is 77.9 cm³/mol. The predicted octanol–water partition coefficient (Wildman–Crippen LogP) is 1.30. The Hall–Kier alpha value is -1.59. The van der Waals surface area contributed by atoms with E-state index in [9.17, 15) is 9.90 Å². The summed E-state index contributed by atoms with van der Waals surface area (Å²) in [5, 5.41) is 12.5. The van der Waals surface area contributed by atoms with Crippen LogP contribution in [0.25, 0.3) is 0 Å². The fraction of sp³-hybridized carbons (Fsp3) is 0.500. The number of anilines is 2. The SMILES string of the molecule is CN(CCC(=O)Nc1cccc(N)c1)CC(C)(C)O. The van der Waals surface area contributed by atoms with Crippen molar-refractivity contribution in [2.75, 3.05) is 31.2 Å². The van der Waals surface area contributed by atoms with Crippen molar-refractivity contribution in [1.29, 1.82) is 0 Å². The first-order chi connectivity index (χ1) is 8.76. The van der Waals surface area contributed by atoms with Gasteiger partial charge in [0.25, 0.3) is 0 Å². The molecule has 1 aromatic rings. The molecule has 0 aliphatic heterocycles. The monoisotopic (exact) mass is 265 g/mol. The van der Waals surface area contributed by atoms with Crippen molar-refractivity contribution >= 4 is 17.3 Å². The Morgan fingerprint density at radius 1 is 1.47 bits per heavy atom. The average Bonchev–Trinajstić information content (AvgIpc) is 2.24. The summed E-state index contributed by atoms with van der Waals surface area (Å²) in [5.74, 6) is -0.0619. The molecule has 0 atom stereocenters. The Kier molecular flexibility index (Phi) is 5.32. The summed E-state index contributed by atoms with van der Waals surface area (Å²) in [5.41, 5.74) is 6.21. The normalized spacial score (nSPS) is 11.6. The second kappa shape index (κ2) is 6.54. The second-order valence-corrected chi connectivity index (χ2v) is 5.47. The van der Waals surface area contributed by atoms with Gasteiger partial charge in [0.1, 0.15) is 0 Å². The van der Waals surface area contributed by atoms with Crippen LogP contribution >= 0.6 is 0 Å². The van der Waals surface area contributed by atoms with Gasteiger partial charge in [-0.2, -0.15) is 0 Å². The van der Waals surface area contributed by atoms with Crippen molar-refractivity contribution in [3.05, 3.63) is 24.3 Å². The van der Waals surface area contributed by atoms with E-state index in [1.807, 2.05) is 11.9 Å². The van der Waals surface area contributed by atoms with Crippen LogP contribution in [0.15, 0.2) is 24.3 Å². The zero-order chi connectivity index (χ0) is 14.5. The summed E-state index contributed by atoms with van der Waals surface area (Å²) < 4.78 is 0. The zero-order valence-corrected chi connectivity index (χ0v) is 11.8. The molecule has 4 N–H and O–H groups in total. The molecule has 106 valence electrons. The van der Waals surface area contributed by atoms with Gasteiger partial charge in [0.15, 0.2) is 0 Å². The van der Waals surface area contributed by atoms with Gasteiger partial charge in [0, 0.05) is 30.9 Å². The molecule has 0 fully saturated rings. The van der Waals surface area contributed by atoms with Crippen LogP contribution < -0.4 is 11.1 Å². The van der Waals surface area contributed by atoms with E-state index >= 15 is 0 Å². The van der Waals surface area contributed by atoms with E-state index in [2.05, 4.69) is 5.32 Å². The lowest BCUT2D eigenvalue weighted by atomic mass is 10.1. The molecule has 19 heavy (non-hydrogen) atoms. The number of nitrogens with one attached hydrogen (secondary N) is 1. The number of amides is 1. The third-order valence-corrected chi connectivity index (χ3v) is 2.55. The lowest BCUT2D eigenvalue weighted by Gasteiger charge is -2.25. The highest BCUT2D eigenvalue weighted by Gasteiger charge is 2.16. The van der Waals surface area contributed by atoms with Crippen LogP contribution in [-0.2, 0) is 4.79 Å². The van der Waals surface area contributed by atoms with Crippen molar-refractivity contribution in [3.63, 3.8) is 0 Å². The number of carbonyl (C=O) groups is 1. The molecule has 0 bridgehead atoms. The molecular weight excluding hydrogens is 242 g/mol. The molecule has 0 aliphatic carbocycles. The number of aliphatic hydroxyl groups is 1. The molecule has 0 spiro atoms. The number of rotatable bonds is 6. The van der Waals surface area contributed by atoms with Gasteiger partial charge in [0.05, 0.1) is 5.60 Å². The Labute approximate surface area is 114 Å². The quantitative estimate of drug-likeness (QED) is 0.677. The largest absolute Gasteiger partial charge is 0.399 e. The maximum Gasteiger partial charge on any atom is 0.225 e. The van der Waals surface area contributed by atoms with Crippen LogP contribution in [0.1, 0.15) is 20.3 Å². The van der Waals surface area contributed by atoms with Crippen LogP contribution in [0.2, 0.25) is 0 Å². The third kappa shape index (κ3) is 6.79. The van der Waals surface area contributed by atoms with Crippen LogP contribution in [-0.4, -0.2) is 41.7 Å². The first-order valence-electron chi connectivity index (χ1n) is 6.32. The number of hydrogen-bond donors (Lipinski definition) is 3. The van der Waals surface area contributed by atoms with E-state index < -0.39 is 5.60 Å². The maximum absolute atomic E-state index is 11.8. The minimum absolute atomic E-state index is 0.0619. The van der Waals surface area contributed by atoms with E-state index in [4.69, 9.17) is 5.73 Å². The minimum atomic E-state index is -0.751. The van der Waals surface area contributed by atoms with Crippen LogP contribution in [0.3, 0.4) is 0 Å². The highest BCUT2D eigenvalue weighted by atomic mass is 16.3. The van der Waals surface area contributed by atoms with Crippen molar-refractivity contribution in [2.45, 2.75) is 25.9 Å². The van der Waals surface area contributed by atoms with Crippen molar-refractivity contribution in [2.24, 2.45) is 0 Å². The first kappa shape index (κ1) is 15.5. The number of benzene rings is 1. The van der Waals surface area contributed by atoms with E-state index in [1.165, 1.54) is 0 Å². The molecule has 1 amide bonds. The Morgan fingerprint density at radius 3 is 2.74 bits per heavy atom. The van der Waals surface area contributed by atoms with E-state index in [-0.39, 0.29) is 5.91 Å². The molecule has 5 nitrogen and oxygen atoms in total. The smallest absolute Gasteiger partial charge is 0.225 e. The fourth-order valence-corrected chi connectivity index (χ4v) is 1.87. The fourth-order valence-electron chi connectivity index (χ4n) is 1.87. The third-order valence-electron chi connectivity index (χ3n) is 2.55. The molecule has 0 aliphatic rings. The molecule has 1 aromatic carbocycles. The number of nitrogens with zero attached hydrogens (tertiary/aromatic N) is 1.